The number of hydrogen-bond acceptors (Lipinski definition) is 6. The van der Waals surface area contributed by atoms with Crippen molar-refractivity contribution in [2.75, 3.05) is 31.3 Å². The number of aldehydes is 2. The second-order valence-corrected chi connectivity index (χ2v) is 12.8. The summed E-state index contributed by atoms with van der Waals surface area (Å²) < 4.78 is 16.3. The van der Waals surface area contributed by atoms with E-state index in [2.05, 4.69) is 35.7 Å². The van der Waals surface area contributed by atoms with E-state index in [1.54, 1.807) is 14.2 Å². The first kappa shape index (κ1) is 37.8. The number of ether oxygens (including phenoxy) is 2. The summed E-state index contributed by atoms with van der Waals surface area (Å²) in [6.45, 7) is 8.52. The smallest absolute Gasteiger partial charge is 0.152 e. The highest BCUT2D eigenvalue weighted by Gasteiger charge is 2.24. The molecule has 13 heteroatoms. The number of methoxy groups -OCH3 is 2. The Labute approximate surface area is 304 Å². The van der Waals surface area contributed by atoms with Crippen molar-refractivity contribution in [1.29, 1.82) is 0 Å². The number of fused-ring (bicyclic) bond motifs is 2. The fourth-order valence-electron chi connectivity index (χ4n) is 6.08. The van der Waals surface area contributed by atoms with Gasteiger partial charge in [-0.25, -0.2) is 0 Å². The average Bonchev–Trinajstić information content (AvgIpc) is 3.77. The summed E-state index contributed by atoms with van der Waals surface area (Å²) in [6, 6.07) is 11.4. The van der Waals surface area contributed by atoms with Crippen LogP contribution >= 0.6 is 39.1 Å². The molecule has 260 valence electrons. The number of carbonyl (C=O) groups excluding carboxylic acids is 2. The summed E-state index contributed by atoms with van der Waals surface area (Å²) in [5, 5.41) is 11.5. The number of carbonyl (C=O) groups is 2. The summed E-state index contributed by atoms with van der Waals surface area (Å²) in [4.78, 5) is 26.9. The van der Waals surface area contributed by atoms with Crippen LogP contribution in [0.5, 0.6) is 11.5 Å². The Bertz CT molecular complexity index is 2110. The molecule has 1 N–H and O–H groups in total. The third kappa shape index (κ3) is 7.44. The Hall–Kier alpha value is -4.06. The SMILES string of the molecule is COc1ccc2[nH]c(-c3c(C)nn(C)c3C)c(C=O)c2c1.COc1ccc2c(c1)c(C=O)c(-c1c(C)nn(C)c1C)n2CCCl.ClCCBr. The van der Waals surface area contributed by atoms with Gasteiger partial charge in [0, 0.05) is 93.2 Å². The van der Waals surface area contributed by atoms with Crippen LogP contribution in [0.1, 0.15) is 43.5 Å². The molecule has 0 fully saturated rings. The largest absolute Gasteiger partial charge is 0.497 e. The van der Waals surface area contributed by atoms with Crippen molar-refractivity contribution in [1.82, 2.24) is 29.1 Å². The van der Waals surface area contributed by atoms with Gasteiger partial charge in [0.05, 0.1) is 37.0 Å². The molecule has 0 aliphatic rings. The molecule has 0 aliphatic heterocycles. The molecular weight excluding hydrogens is 731 g/mol. The van der Waals surface area contributed by atoms with Crippen LogP contribution in [0.25, 0.3) is 44.3 Å². The fourth-order valence-corrected chi connectivity index (χ4v) is 6.25. The van der Waals surface area contributed by atoms with Gasteiger partial charge >= 0.3 is 0 Å². The van der Waals surface area contributed by atoms with Crippen LogP contribution in [0.2, 0.25) is 0 Å². The summed E-state index contributed by atoms with van der Waals surface area (Å²) in [5.74, 6) is 2.62. The van der Waals surface area contributed by atoms with Crippen LogP contribution in [0.3, 0.4) is 0 Å². The molecule has 4 aromatic heterocycles. The third-order valence-electron chi connectivity index (χ3n) is 8.48. The Morgan fingerprint density at radius 2 is 1.33 bits per heavy atom. The molecule has 0 saturated heterocycles. The molecule has 0 unspecified atom stereocenters. The lowest BCUT2D eigenvalue weighted by molar-refractivity contribution is 0.111. The van der Waals surface area contributed by atoms with Crippen LogP contribution in [-0.4, -0.2) is 73.0 Å². The van der Waals surface area contributed by atoms with Crippen molar-refractivity contribution in [3.05, 3.63) is 70.3 Å². The van der Waals surface area contributed by atoms with Gasteiger partial charge in [-0.1, -0.05) is 15.9 Å². The number of nitrogens with one attached hydrogen (secondary N) is 1. The van der Waals surface area contributed by atoms with Gasteiger partial charge in [-0.2, -0.15) is 10.2 Å². The zero-order valence-corrected chi connectivity index (χ0v) is 32.0. The molecule has 0 aliphatic carbocycles. The Morgan fingerprint density at radius 1 is 0.796 bits per heavy atom. The molecule has 0 bridgehead atoms. The highest BCUT2D eigenvalue weighted by molar-refractivity contribution is 9.09. The first-order valence-electron chi connectivity index (χ1n) is 15.5. The lowest BCUT2D eigenvalue weighted by atomic mass is 10.0. The molecule has 49 heavy (non-hydrogen) atoms. The quantitative estimate of drug-likeness (QED) is 0.117. The summed E-state index contributed by atoms with van der Waals surface area (Å²) in [6.07, 6.45) is 1.80. The highest BCUT2D eigenvalue weighted by Crippen LogP contribution is 2.38. The standard InChI is InChI=1S/C18H20ClN3O2.C16H17N3O2.C2H4BrCl/c1-11-17(12(2)21(3)20-11)18-15(10-23)14-9-13(24-4)5-6-16(14)22(18)8-7-19;1-9-15(10(2)19(3)18-9)16-13(8-20)12-7-11(21-4)5-6-14(12)17-16;3-1-2-4/h5-6,9-10H,7-8H2,1-4H3;5-8,17H,1-4H3;1-2H2. The van der Waals surface area contributed by atoms with Crippen molar-refractivity contribution in [3.8, 4) is 34.0 Å². The molecule has 0 spiro atoms. The minimum absolute atomic E-state index is 0.458. The van der Waals surface area contributed by atoms with Crippen molar-refractivity contribution < 1.29 is 19.1 Å². The van der Waals surface area contributed by atoms with Gasteiger partial charge < -0.3 is 19.0 Å². The van der Waals surface area contributed by atoms with Gasteiger partial charge in [-0.3, -0.25) is 19.0 Å². The van der Waals surface area contributed by atoms with Crippen molar-refractivity contribution in [2.45, 2.75) is 34.2 Å². The Kier molecular flexibility index (Phi) is 12.8. The van der Waals surface area contributed by atoms with Gasteiger partial charge in [0.25, 0.3) is 0 Å². The van der Waals surface area contributed by atoms with Crippen molar-refractivity contribution >= 4 is 73.5 Å². The maximum atomic E-state index is 11.9. The van der Waals surface area contributed by atoms with Crippen LogP contribution < -0.4 is 9.47 Å². The number of halogens is 3. The maximum absolute atomic E-state index is 11.9. The highest BCUT2D eigenvalue weighted by atomic mass is 79.9. The molecule has 10 nitrogen and oxygen atoms in total. The molecule has 0 atom stereocenters. The van der Waals surface area contributed by atoms with Gasteiger partial charge in [0.15, 0.2) is 12.6 Å². The first-order valence-corrected chi connectivity index (χ1v) is 17.7. The minimum atomic E-state index is 0.458. The van der Waals surface area contributed by atoms with E-state index < -0.39 is 0 Å². The molecule has 6 aromatic rings. The Balaban J connectivity index is 0.000000201. The fraction of sp³-hybridized carbons (Fsp3) is 0.333. The number of alkyl halides is 3. The van der Waals surface area contributed by atoms with Gasteiger partial charge in [-0.05, 0) is 64.1 Å². The van der Waals surface area contributed by atoms with E-state index in [1.165, 1.54) is 0 Å². The molecule has 0 saturated carbocycles. The molecule has 0 radical (unpaired) electrons. The number of hydrogen-bond donors (Lipinski definition) is 1. The summed E-state index contributed by atoms with van der Waals surface area (Å²) in [5.41, 5.74) is 10.7. The van der Waals surface area contributed by atoms with E-state index in [1.807, 2.05) is 87.6 Å². The van der Waals surface area contributed by atoms with Gasteiger partial charge in [0.1, 0.15) is 11.5 Å². The number of aromatic nitrogens is 6. The topological polar surface area (TPSA) is 109 Å². The van der Waals surface area contributed by atoms with Gasteiger partial charge in [0.2, 0.25) is 0 Å². The summed E-state index contributed by atoms with van der Waals surface area (Å²) >= 11 is 14.3. The van der Waals surface area contributed by atoms with Crippen LogP contribution in [0.4, 0.5) is 0 Å². The second kappa shape index (κ2) is 16.6. The van der Waals surface area contributed by atoms with Gasteiger partial charge in [-0.15, -0.1) is 23.2 Å². The van der Waals surface area contributed by atoms with E-state index in [9.17, 15) is 9.59 Å². The molecule has 4 heterocycles. The zero-order chi connectivity index (χ0) is 36.0. The number of aryl methyl sites for hydroxylation is 5. The summed E-state index contributed by atoms with van der Waals surface area (Å²) in [7, 11) is 7.04. The zero-order valence-electron chi connectivity index (χ0n) is 29.0. The van der Waals surface area contributed by atoms with E-state index >= 15 is 0 Å². The number of benzene rings is 2. The van der Waals surface area contributed by atoms with Crippen molar-refractivity contribution in [3.63, 3.8) is 0 Å². The Morgan fingerprint density at radius 3 is 1.80 bits per heavy atom. The molecule has 2 aromatic carbocycles. The lowest BCUT2D eigenvalue weighted by Gasteiger charge is -2.10. The number of H-pyrrole nitrogens is 1. The van der Waals surface area contributed by atoms with Crippen LogP contribution in [-0.2, 0) is 20.6 Å². The molecule has 6 rings (SSSR count). The predicted molar refractivity (Wildman–Crippen MR) is 203 cm³/mol. The van der Waals surface area contributed by atoms with Crippen molar-refractivity contribution in [2.24, 2.45) is 14.1 Å². The lowest BCUT2D eigenvalue weighted by Crippen LogP contribution is -2.03. The van der Waals surface area contributed by atoms with Crippen LogP contribution in [0.15, 0.2) is 36.4 Å². The normalized spacial score (nSPS) is 10.8. The predicted octanol–water partition coefficient (Wildman–Crippen LogP) is 8.34. The molecular formula is C36H41BrCl2N6O4. The monoisotopic (exact) mass is 770 g/mol. The number of aromatic amines is 1. The third-order valence-corrected chi connectivity index (χ3v) is 9.69. The first-order chi connectivity index (χ1) is 23.5. The minimum Gasteiger partial charge on any atom is -0.497 e. The van der Waals surface area contributed by atoms with Crippen LogP contribution in [0, 0.1) is 27.7 Å². The second-order valence-electron chi connectivity index (χ2n) is 11.3. The van der Waals surface area contributed by atoms with E-state index in [0.29, 0.717) is 29.4 Å². The molecule has 0 amide bonds. The number of nitrogens with zero attached hydrogens (tertiary/aromatic N) is 5. The van der Waals surface area contributed by atoms with E-state index in [4.69, 9.17) is 32.7 Å². The average molecular weight is 773 g/mol. The number of rotatable bonds is 9. The van der Waals surface area contributed by atoms with E-state index in [0.717, 1.165) is 96.5 Å². The van der Waals surface area contributed by atoms with E-state index in [-0.39, 0.29) is 0 Å². The maximum Gasteiger partial charge on any atom is 0.152 e.